The van der Waals surface area contributed by atoms with Gasteiger partial charge in [-0.3, -0.25) is 0 Å². The van der Waals surface area contributed by atoms with Crippen LogP contribution in [0.15, 0.2) is 0 Å². The molecule has 5 heteroatoms. The van der Waals surface area contributed by atoms with Crippen LogP contribution in [-0.2, 0) is 19.3 Å². The van der Waals surface area contributed by atoms with Crippen molar-refractivity contribution in [2.75, 3.05) is 11.5 Å². The quantitative estimate of drug-likeness (QED) is 0.573. The van der Waals surface area contributed by atoms with E-state index >= 15 is 0 Å². The van der Waals surface area contributed by atoms with E-state index in [0.29, 0.717) is 6.42 Å². The number of sulfone groups is 1. The molecule has 0 aliphatic carbocycles. The van der Waals surface area contributed by atoms with E-state index in [1.54, 1.807) is 0 Å². The Hall–Kier alpha value is -0.130. The fourth-order valence-corrected chi connectivity index (χ4v) is 3.47. The molecule has 13 heavy (non-hydrogen) atoms. The molecule has 2 unspecified atom stereocenters. The van der Waals surface area contributed by atoms with Crippen LogP contribution in [0.25, 0.3) is 0 Å². The van der Waals surface area contributed by atoms with Gasteiger partial charge in [-0.15, -0.1) is 0 Å². The first-order chi connectivity index (χ1) is 5.88. The Bertz CT molecular complexity index is 306. The highest BCUT2D eigenvalue weighted by Gasteiger charge is 2.46. The van der Waals surface area contributed by atoms with E-state index in [1.807, 2.05) is 13.8 Å². The molecule has 0 aromatic rings. The van der Waals surface area contributed by atoms with Gasteiger partial charge in [0.15, 0.2) is 15.6 Å². The van der Waals surface area contributed by atoms with Gasteiger partial charge in [0.1, 0.15) is 6.10 Å². The summed E-state index contributed by atoms with van der Waals surface area (Å²) in [7, 11) is -2.89. The zero-order valence-corrected chi connectivity index (χ0v) is 8.63. The maximum atomic E-state index is 11.3. The normalized spacial score (nSPS) is 41.4. The minimum absolute atomic E-state index is 0.0291. The lowest BCUT2D eigenvalue weighted by Crippen LogP contribution is -2.38. The number of ether oxygens (including phenoxy) is 2. The highest BCUT2D eigenvalue weighted by atomic mass is 32.2. The van der Waals surface area contributed by atoms with Crippen molar-refractivity contribution in [3.05, 3.63) is 0 Å². The van der Waals surface area contributed by atoms with Crippen molar-refractivity contribution in [3.8, 4) is 0 Å². The van der Waals surface area contributed by atoms with Gasteiger partial charge in [-0.2, -0.15) is 0 Å². The Labute approximate surface area is 78.1 Å². The van der Waals surface area contributed by atoms with Crippen LogP contribution in [0.2, 0.25) is 0 Å². The molecule has 0 N–H and O–H groups in total. The third kappa shape index (κ3) is 1.87. The van der Waals surface area contributed by atoms with E-state index in [0.717, 1.165) is 0 Å². The van der Waals surface area contributed by atoms with Crippen molar-refractivity contribution in [3.63, 3.8) is 0 Å². The zero-order valence-electron chi connectivity index (χ0n) is 7.82. The highest BCUT2D eigenvalue weighted by Crippen LogP contribution is 2.33. The molecule has 2 heterocycles. The molecule has 0 radical (unpaired) electrons. The van der Waals surface area contributed by atoms with E-state index in [2.05, 4.69) is 0 Å². The molecule has 0 aromatic heterocycles. The van der Waals surface area contributed by atoms with E-state index in [-0.39, 0.29) is 23.7 Å². The maximum absolute atomic E-state index is 11.3. The Morgan fingerprint density at radius 3 is 2.54 bits per heavy atom. The molecule has 2 aliphatic rings. The van der Waals surface area contributed by atoms with Gasteiger partial charge in [-0.05, 0) is 20.3 Å². The predicted octanol–water partition coefficient (Wildman–Crippen LogP) is 0.325. The average Bonchev–Trinajstić information content (AvgIpc) is 2.20. The van der Waals surface area contributed by atoms with Crippen molar-refractivity contribution < 1.29 is 17.9 Å². The summed E-state index contributed by atoms with van der Waals surface area (Å²) < 4.78 is 33.6. The second-order valence-electron chi connectivity index (χ2n) is 4.12. The summed E-state index contributed by atoms with van der Waals surface area (Å²) in [5.41, 5.74) is 0. The van der Waals surface area contributed by atoms with Crippen LogP contribution in [0.1, 0.15) is 20.3 Å². The van der Waals surface area contributed by atoms with Crippen molar-refractivity contribution >= 4 is 9.84 Å². The lowest BCUT2D eigenvalue weighted by molar-refractivity contribution is -0.144. The molecule has 76 valence electrons. The fourth-order valence-electron chi connectivity index (χ4n) is 1.92. The van der Waals surface area contributed by atoms with Crippen LogP contribution in [0.3, 0.4) is 0 Å². The lowest BCUT2D eigenvalue weighted by Gasteiger charge is -2.21. The first kappa shape index (κ1) is 9.43. The van der Waals surface area contributed by atoms with Crippen LogP contribution in [0.4, 0.5) is 0 Å². The van der Waals surface area contributed by atoms with Gasteiger partial charge < -0.3 is 9.47 Å². The number of hydrogen-bond acceptors (Lipinski definition) is 4. The topological polar surface area (TPSA) is 52.6 Å². The molecule has 2 fully saturated rings. The second-order valence-corrected chi connectivity index (χ2v) is 6.34. The molecule has 0 spiro atoms. The summed E-state index contributed by atoms with van der Waals surface area (Å²) in [5.74, 6) is -0.274. The largest absolute Gasteiger partial charge is 0.345 e. The van der Waals surface area contributed by atoms with Crippen LogP contribution >= 0.6 is 0 Å². The summed E-state index contributed by atoms with van der Waals surface area (Å²) in [6.07, 6.45) is 0.281. The van der Waals surface area contributed by atoms with Gasteiger partial charge in [0.25, 0.3) is 0 Å². The van der Waals surface area contributed by atoms with E-state index in [9.17, 15) is 8.42 Å². The van der Waals surface area contributed by atoms with Crippen molar-refractivity contribution in [2.24, 2.45) is 0 Å². The summed E-state index contributed by atoms with van der Waals surface area (Å²) in [6, 6.07) is 0. The number of rotatable bonds is 0. The second kappa shape index (κ2) is 2.68. The number of fused-ring (bicyclic) bond motifs is 1. The lowest BCUT2D eigenvalue weighted by atomic mass is 10.2. The number of hydrogen-bond donors (Lipinski definition) is 0. The SMILES string of the molecule is CC1(C)OC2CCS(=O)(=O)CC2O1. The smallest absolute Gasteiger partial charge is 0.163 e. The summed E-state index contributed by atoms with van der Waals surface area (Å²) in [6.45, 7) is 3.63. The Morgan fingerprint density at radius 1 is 1.23 bits per heavy atom. The molecule has 2 aliphatic heterocycles. The van der Waals surface area contributed by atoms with Crippen molar-refractivity contribution in [1.29, 1.82) is 0 Å². The maximum Gasteiger partial charge on any atom is 0.163 e. The van der Waals surface area contributed by atoms with Crippen LogP contribution < -0.4 is 0 Å². The van der Waals surface area contributed by atoms with Crippen molar-refractivity contribution in [2.45, 2.75) is 38.3 Å². The molecule has 2 saturated heterocycles. The van der Waals surface area contributed by atoms with Gasteiger partial charge in [0.05, 0.1) is 17.6 Å². The zero-order chi connectivity index (χ0) is 9.69. The standard InChI is InChI=1S/C8H14O4S/c1-8(2)11-6-3-4-13(9,10)5-7(6)12-8/h6-7H,3-5H2,1-2H3. The predicted molar refractivity (Wildman–Crippen MR) is 47.1 cm³/mol. The highest BCUT2D eigenvalue weighted by molar-refractivity contribution is 7.91. The van der Waals surface area contributed by atoms with Gasteiger partial charge in [-0.1, -0.05) is 0 Å². The van der Waals surface area contributed by atoms with E-state index < -0.39 is 15.6 Å². The molecule has 0 amide bonds. The molecule has 4 nitrogen and oxygen atoms in total. The van der Waals surface area contributed by atoms with Crippen LogP contribution in [0, 0.1) is 0 Å². The molecule has 2 atom stereocenters. The van der Waals surface area contributed by atoms with E-state index in [4.69, 9.17) is 9.47 Å². The molecule has 0 saturated carbocycles. The first-order valence-corrected chi connectivity index (χ1v) is 6.26. The molecular weight excluding hydrogens is 192 g/mol. The Morgan fingerprint density at radius 2 is 1.85 bits per heavy atom. The van der Waals surface area contributed by atoms with Gasteiger partial charge >= 0.3 is 0 Å². The van der Waals surface area contributed by atoms with Gasteiger partial charge in [0.2, 0.25) is 0 Å². The molecule has 2 rings (SSSR count). The minimum atomic E-state index is -2.89. The van der Waals surface area contributed by atoms with Gasteiger partial charge in [-0.25, -0.2) is 8.42 Å². The summed E-state index contributed by atoms with van der Waals surface area (Å²) in [5, 5.41) is 0. The Balaban J connectivity index is 2.15. The third-order valence-electron chi connectivity index (χ3n) is 2.42. The van der Waals surface area contributed by atoms with Gasteiger partial charge in [0, 0.05) is 0 Å². The molecular formula is C8H14O4S. The molecule has 0 bridgehead atoms. The average molecular weight is 206 g/mol. The first-order valence-electron chi connectivity index (χ1n) is 4.44. The van der Waals surface area contributed by atoms with Crippen LogP contribution in [0.5, 0.6) is 0 Å². The minimum Gasteiger partial charge on any atom is -0.345 e. The molecule has 0 aromatic carbocycles. The summed E-state index contributed by atoms with van der Waals surface area (Å²) in [4.78, 5) is 0. The van der Waals surface area contributed by atoms with Crippen LogP contribution in [-0.4, -0.2) is 37.9 Å². The van der Waals surface area contributed by atoms with E-state index in [1.165, 1.54) is 0 Å². The summed E-state index contributed by atoms with van der Waals surface area (Å²) >= 11 is 0. The van der Waals surface area contributed by atoms with Crippen molar-refractivity contribution in [1.82, 2.24) is 0 Å². The third-order valence-corrected chi connectivity index (χ3v) is 4.11. The monoisotopic (exact) mass is 206 g/mol. The Kier molecular flexibility index (Phi) is 1.94. The fraction of sp³-hybridized carbons (Fsp3) is 1.00.